The van der Waals surface area contributed by atoms with Gasteiger partial charge in [0.2, 0.25) is 5.88 Å². The molecule has 0 aliphatic rings. The molecular weight excluding hydrogens is 563 g/mol. The molecule has 0 radical (unpaired) electrons. The Bertz CT molecular complexity index is 1980. The van der Waals surface area contributed by atoms with Crippen molar-refractivity contribution in [1.29, 1.82) is 0 Å². The van der Waals surface area contributed by atoms with Crippen LogP contribution in [-0.4, -0.2) is 31.1 Å². The van der Waals surface area contributed by atoms with Gasteiger partial charge < -0.3 is 15.2 Å². The van der Waals surface area contributed by atoms with Crippen LogP contribution in [0.2, 0.25) is 0 Å². The molecule has 4 aromatic heterocycles. The van der Waals surface area contributed by atoms with E-state index in [4.69, 9.17) is 4.74 Å². The van der Waals surface area contributed by atoms with Crippen LogP contribution in [0.1, 0.15) is 18.6 Å². The minimum absolute atomic E-state index is 0.320. The fourth-order valence-electron chi connectivity index (χ4n) is 5.00. The quantitative estimate of drug-likeness (QED) is 0.185. The van der Waals surface area contributed by atoms with E-state index >= 15 is 0 Å². The predicted molar refractivity (Wildman–Crippen MR) is 170 cm³/mol. The Morgan fingerprint density at radius 3 is 1.90 bits per heavy atom. The molecule has 0 bridgehead atoms. The summed E-state index contributed by atoms with van der Waals surface area (Å²) < 4.78 is 6.24. The van der Waals surface area contributed by atoms with E-state index < -0.39 is 6.10 Å². The van der Waals surface area contributed by atoms with Crippen molar-refractivity contribution in [3.05, 3.63) is 114 Å². The summed E-state index contributed by atoms with van der Waals surface area (Å²) in [5, 5.41) is 20.7. The lowest BCUT2D eigenvalue weighted by Gasteiger charge is -2.22. The molecule has 206 valence electrons. The summed E-state index contributed by atoms with van der Waals surface area (Å²) in [4.78, 5) is 19.6. The molecule has 7 nitrogen and oxygen atoms in total. The number of aliphatic hydroxyl groups excluding tert-OH is 1. The first-order valence-corrected chi connectivity index (χ1v) is 15.2. The van der Waals surface area contributed by atoms with Crippen molar-refractivity contribution in [1.82, 2.24) is 19.9 Å². The molecule has 0 aliphatic carbocycles. The van der Waals surface area contributed by atoms with Crippen LogP contribution in [0.15, 0.2) is 108 Å². The maximum Gasteiger partial charge on any atom is 0.231 e. The number of anilines is 1. The van der Waals surface area contributed by atoms with E-state index in [2.05, 4.69) is 60.3 Å². The van der Waals surface area contributed by atoms with E-state index in [0.29, 0.717) is 17.4 Å². The number of nitrogens with zero attached hydrogens (tertiary/aromatic N) is 4. The highest BCUT2D eigenvalue weighted by Gasteiger charge is 2.21. The normalized spacial score (nSPS) is 12.8. The largest absolute Gasteiger partial charge is 0.438 e. The van der Waals surface area contributed by atoms with E-state index in [0.717, 1.165) is 48.3 Å². The Labute approximate surface area is 250 Å². The summed E-state index contributed by atoms with van der Waals surface area (Å²) >= 11 is 3.15. The van der Waals surface area contributed by atoms with Crippen LogP contribution in [0.25, 0.3) is 42.7 Å². The van der Waals surface area contributed by atoms with Gasteiger partial charge in [0.25, 0.3) is 0 Å². The average molecular weight is 588 g/mol. The highest BCUT2D eigenvalue weighted by atomic mass is 32.1. The maximum absolute atomic E-state index is 11.3. The minimum atomic E-state index is -0.782. The third-order valence-electron chi connectivity index (χ3n) is 7.15. The van der Waals surface area contributed by atoms with Crippen LogP contribution in [0, 0.1) is 0 Å². The van der Waals surface area contributed by atoms with Gasteiger partial charge in [0.1, 0.15) is 33.9 Å². The van der Waals surface area contributed by atoms with Gasteiger partial charge in [0.15, 0.2) is 0 Å². The zero-order valence-corrected chi connectivity index (χ0v) is 24.1. The Balaban J connectivity index is 1.11. The molecule has 42 heavy (non-hydrogen) atoms. The SMILES string of the molecule is C[C@H](Nc1ncnc2scc(-c3ccccc3)c12)[C@H](O)c1ccc(Oc2ncnc3scc(-c4ccccc4)c23)cc1. The van der Waals surface area contributed by atoms with Gasteiger partial charge in [-0.05, 0) is 35.7 Å². The summed E-state index contributed by atoms with van der Waals surface area (Å²) in [7, 11) is 0. The zero-order valence-electron chi connectivity index (χ0n) is 22.5. The van der Waals surface area contributed by atoms with E-state index in [9.17, 15) is 5.11 Å². The summed E-state index contributed by atoms with van der Waals surface area (Å²) in [5.41, 5.74) is 5.06. The number of ether oxygens (including phenoxy) is 1. The topological polar surface area (TPSA) is 93.1 Å². The molecule has 7 aromatic rings. The van der Waals surface area contributed by atoms with Crippen LogP contribution in [-0.2, 0) is 0 Å². The number of aliphatic hydroxyl groups is 1. The summed E-state index contributed by atoms with van der Waals surface area (Å²) in [6, 6.07) is 27.5. The minimum Gasteiger partial charge on any atom is -0.438 e. The van der Waals surface area contributed by atoms with E-state index in [1.165, 1.54) is 6.33 Å². The molecule has 0 saturated carbocycles. The predicted octanol–water partition coefficient (Wildman–Crippen LogP) is 8.36. The monoisotopic (exact) mass is 587 g/mol. The van der Waals surface area contributed by atoms with Crippen LogP contribution in [0.5, 0.6) is 11.6 Å². The summed E-state index contributed by atoms with van der Waals surface area (Å²) in [6.07, 6.45) is 2.30. The lowest BCUT2D eigenvalue weighted by atomic mass is 10.0. The number of hydrogen-bond donors (Lipinski definition) is 2. The van der Waals surface area contributed by atoms with Gasteiger partial charge in [0.05, 0.1) is 22.9 Å². The molecule has 4 heterocycles. The second-order valence-corrected chi connectivity index (χ2v) is 11.6. The first-order chi connectivity index (χ1) is 20.7. The Kier molecular flexibility index (Phi) is 7.05. The number of rotatable bonds is 8. The molecule has 3 aromatic carbocycles. The molecule has 2 atom stereocenters. The number of thiophene rings is 2. The van der Waals surface area contributed by atoms with Crippen molar-refractivity contribution in [2.45, 2.75) is 19.1 Å². The van der Waals surface area contributed by atoms with Crippen molar-refractivity contribution in [3.63, 3.8) is 0 Å². The van der Waals surface area contributed by atoms with E-state index in [1.807, 2.05) is 67.6 Å². The smallest absolute Gasteiger partial charge is 0.231 e. The van der Waals surface area contributed by atoms with Gasteiger partial charge >= 0.3 is 0 Å². The van der Waals surface area contributed by atoms with Crippen LogP contribution in [0.3, 0.4) is 0 Å². The molecule has 0 saturated heterocycles. The average Bonchev–Trinajstić information content (AvgIpc) is 3.68. The van der Waals surface area contributed by atoms with Crippen LogP contribution < -0.4 is 10.1 Å². The molecule has 0 fully saturated rings. The van der Waals surface area contributed by atoms with Crippen molar-refractivity contribution >= 4 is 48.9 Å². The third-order valence-corrected chi connectivity index (χ3v) is 8.92. The summed E-state index contributed by atoms with van der Waals surface area (Å²) in [5.74, 6) is 1.82. The van der Waals surface area contributed by atoms with Crippen LogP contribution in [0.4, 0.5) is 5.82 Å². The van der Waals surface area contributed by atoms with E-state index in [1.54, 1.807) is 29.0 Å². The zero-order chi connectivity index (χ0) is 28.5. The second kappa shape index (κ2) is 11.3. The molecule has 0 amide bonds. The van der Waals surface area contributed by atoms with Crippen molar-refractivity contribution in [2.75, 3.05) is 5.32 Å². The Hall–Kier alpha value is -4.70. The van der Waals surface area contributed by atoms with Crippen LogP contribution >= 0.6 is 22.7 Å². The standard InChI is InChI=1S/C33H25N5O2S2/c1-20(38-30-27-25(21-8-4-2-5-9-21)16-41-32(27)36-18-34-30)29(39)23-12-14-24(15-13-23)40-31-28-26(22-10-6-3-7-11-22)17-42-33(28)37-19-35-31/h2-20,29,39H,1H3,(H,34,36,38)/t20-,29-/m0/s1. The first kappa shape index (κ1) is 26.2. The van der Waals surface area contributed by atoms with E-state index in [-0.39, 0.29) is 6.04 Å². The fourth-order valence-corrected chi connectivity index (χ4v) is 6.82. The number of fused-ring (bicyclic) bond motifs is 2. The number of aromatic nitrogens is 4. The molecule has 0 aliphatic heterocycles. The number of hydrogen-bond acceptors (Lipinski definition) is 9. The number of benzene rings is 3. The van der Waals surface area contributed by atoms with Crippen molar-refractivity contribution in [2.24, 2.45) is 0 Å². The molecule has 0 unspecified atom stereocenters. The lowest BCUT2D eigenvalue weighted by molar-refractivity contribution is 0.160. The molecule has 2 N–H and O–H groups in total. The Morgan fingerprint density at radius 1 is 0.690 bits per heavy atom. The summed E-state index contributed by atoms with van der Waals surface area (Å²) in [6.45, 7) is 1.94. The van der Waals surface area contributed by atoms with Crippen molar-refractivity contribution < 1.29 is 9.84 Å². The third kappa shape index (κ3) is 4.98. The maximum atomic E-state index is 11.3. The van der Waals surface area contributed by atoms with Gasteiger partial charge in [-0.25, -0.2) is 19.9 Å². The van der Waals surface area contributed by atoms with Gasteiger partial charge in [-0.1, -0.05) is 72.8 Å². The Morgan fingerprint density at radius 2 is 1.26 bits per heavy atom. The molecule has 9 heteroatoms. The van der Waals surface area contributed by atoms with Crippen molar-refractivity contribution in [3.8, 4) is 33.9 Å². The second-order valence-electron chi connectivity index (χ2n) is 9.84. The highest BCUT2D eigenvalue weighted by molar-refractivity contribution is 7.17. The molecule has 0 spiro atoms. The van der Waals surface area contributed by atoms with Gasteiger partial charge in [-0.2, -0.15) is 0 Å². The lowest BCUT2D eigenvalue weighted by Crippen LogP contribution is -2.24. The highest BCUT2D eigenvalue weighted by Crippen LogP contribution is 2.40. The fraction of sp³-hybridized carbons (Fsp3) is 0.0909. The first-order valence-electron chi connectivity index (χ1n) is 13.4. The van der Waals surface area contributed by atoms with Gasteiger partial charge in [-0.3, -0.25) is 0 Å². The van der Waals surface area contributed by atoms with Gasteiger partial charge in [-0.15, -0.1) is 22.7 Å². The van der Waals surface area contributed by atoms with Gasteiger partial charge in [0, 0.05) is 21.9 Å². The molecule has 7 rings (SSSR count). The number of nitrogens with one attached hydrogen (secondary N) is 1. The molecular formula is C33H25N5O2S2.